The average Bonchev–Trinajstić information content (AvgIpc) is 2.93. The molecule has 0 radical (unpaired) electrons. The third kappa shape index (κ3) is 3.58. The van der Waals surface area contributed by atoms with Gasteiger partial charge < -0.3 is 14.7 Å². The van der Waals surface area contributed by atoms with Crippen molar-refractivity contribution in [3.63, 3.8) is 0 Å². The van der Waals surface area contributed by atoms with Crippen LogP contribution in [0.25, 0.3) is 0 Å². The summed E-state index contributed by atoms with van der Waals surface area (Å²) in [6, 6.07) is 10.6. The summed E-state index contributed by atoms with van der Waals surface area (Å²) in [5.74, 6) is -1.10. The van der Waals surface area contributed by atoms with E-state index < -0.39 is 28.6 Å². The first kappa shape index (κ1) is 20.5. The molecule has 152 valence electrons. The molecule has 1 heterocycles. The van der Waals surface area contributed by atoms with Crippen molar-refractivity contribution < 1.29 is 24.4 Å². The number of para-hydroxylation sites is 1. The van der Waals surface area contributed by atoms with Crippen LogP contribution in [0.15, 0.2) is 42.5 Å². The Hall–Kier alpha value is -3.26. The number of aliphatic hydroxyl groups is 1. The number of nitro benzene ring substituents is 1. The number of hydrogen-bond acceptors (Lipinski definition) is 6. The number of nitrogens with zero attached hydrogens (tertiary/aromatic N) is 2. The van der Waals surface area contributed by atoms with Crippen molar-refractivity contribution in [2.24, 2.45) is 0 Å². The molecule has 3 rings (SSSR count). The van der Waals surface area contributed by atoms with Crippen molar-refractivity contribution in [1.82, 2.24) is 0 Å². The number of carbonyl (C=O) groups is 2. The number of nitro groups is 1. The van der Waals surface area contributed by atoms with Crippen LogP contribution in [0, 0.1) is 10.1 Å². The lowest BCUT2D eigenvalue weighted by atomic mass is 9.88. The lowest BCUT2D eigenvalue weighted by molar-refractivity contribution is -0.385. The number of anilines is 1. The number of unbranched alkanes of at least 4 members (excludes halogenated alkanes) is 1. The first-order valence-corrected chi connectivity index (χ1v) is 9.33. The molecule has 1 amide bonds. The van der Waals surface area contributed by atoms with Crippen LogP contribution < -0.4 is 9.64 Å². The quantitative estimate of drug-likeness (QED) is 0.415. The molecule has 1 aliphatic heterocycles. The molecule has 0 saturated heterocycles. The molecular weight excluding hydrogens is 376 g/mol. The number of ketones is 1. The fourth-order valence-corrected chi connectivity index (χ4v) is 3.56. The Kier molecular flexibility index (Phi) is 5.65. The molecule has 0 spiro atoms. The van der Waals surface area contributed by atoms with E-state index in [0.29, 0.717) is 17.8 Å². The highest BCUT2D eigenvalue weighted by Gasteiger charge is 2.50. The Balaban J connectivity index is 1.95. The minimum atomic E-state index is -2.00. The van der Waals surface area contributed by atoms with Crippen LogP contribution >= 0.6 is 0 Å². The second kappa shape index (κ2) is 8.00. The average molecular weight is 398 g/mol. The molecule has 1 aliphatic rings. The zero-order valence-corrected chi connectivity index (χ0v) is 16.3. The van der Waals surface area contributed by atoms with E-state index in [-0.39, 0.29) is 17.0 Å². The molecule has 1 N–H and O–H groups in total. The van der Waals surface area contributed by atoms with E-state index in [1.165, 1.54) is 24.1 Å². The molecular formula is C21H22N2O6. The van der Waals surface area contributed by atoms with Crippen LogP contribution in [-0.2, 0) is 10.4 Å². The number of rotatable bonds is 8. The van der Waals surface area contributed by atoms with Crippen molar-refractivity contribution in [3.8, 4) is 5.75 Å². The summed E-state index contributed by atoms with van der Waals surface area (Å²) in [6.07, 6.45) is 1.13. The molecule has 8 heteroatoms. The summed E-state index contributed by atoms with van der Waals surface area (Å²) < 4.78 is 4.95. The molecule has 2 aromatic carbocycles. The molecule has 0 aliphatic carbocycles. The van der Waals surface area contributed by atoms with Gasteiger partial charge in [-0.15, -0.1) is 0 Å². The van der Waals surface area contributed by atoms with Gasteiger partial charge in [-0.2, -0.15) is 0 Å². The van der Waals surface area contributed by atoms with Gasteiger partial charge in [0, 0.05) is 23.7 Å². The van der Waals surface area contributed by atoms with E-state index in [1.807, 2.05) is 6.92 Å². The molecule has 2 aromatic rings. The molecule has 29 heavy (non-hydrogen) atoms. The fourth-order valence-electron chi connectivity index (χ4n) is 3.56. The first-order valence-electron chi connectivity index (χ1n) is 9.33. The first-order chi connectivity index (χ1) is 13.8. The highest BCUT2D eigenvalue weighted by atomic mass is 16.6. The Labute approximate surface area is 167 Å². The van der Waals surface area contributed by atoms with Crippen molar-refractivity contribution >= 4 is 23.1 Å². The van der Waals surface area contributed by atoms with E-state index >= 15 is 0 Å². The maximum atomic E-state index is 13.0. The van der Waals surface area contributed by atoms with Crippen molar-refractivity contribution in [3.05, 3.63) is 63.7 Å². The summed E-state index contributed by atoms with van der Waals surface area (Å²) in [7, 11) is 1.30. The maximum Gasteiger partial charge on any atom is 0.311 e. The van der Waals surface area contributed by atoms with E-state index in [0.717, 1.165) is 18.9 Å². The lowest BCUT2D eigenvalue weighted by Gasteiger charge is -2.22. The van der Waals surface area contributed by atoms with Gasteiger partial charge in [0.2, 0.25) is 0 Å². The molecule has 0 fully saturated rings. The van der Waals surface area contributed by atoms with Crippen molar-refractivity contribution in [2.45, 2.75) is 31.8 Å². The summed E-state index contributed by atoms with van der Waals surface area (Å²) in [4.78, 5) is 38.0. The van der Waals surface area contributed by atoms with Gasteiger partial charge in [-0.1, -0.05) is 31.5 Å². The number of hydrogen-bond donors (Lipinski definition) is 1. The third-order valence-corrected chi connectivity index (χ3v) is 5.09. The summed E-state index contributed by atoms with van der Waals surface area (Å²) >= 11 is 0. The third-order valence-electron chi connectivity index (χ3n) is 5.09. The van der Waals surface area contributed by atoms with Crippen LogP contribution in [-0.4, -0.2) is 35.4 Å². The summed E-state index contributed by atoms with van der Waals surface area (Å²) in [5.41, 5.74) is -1.37. The molecule has 1 atom stereocenters. The largest absolute Gasteiger partial charge is 0.490 e. The number of benzene rings is 2. The molecule has 1 unspecified atom stereocenters. The number of amides is 1. The Morgan fingerprint density at radius 1 is 1.28 bits per heavy atom. The normalized spacial score (nSPS) is 17.9. The van der Waals surface area contributed by atoms with Gasteiger partial charge in [0.1, 0.15) is 0 Å². The number of ether oxygens (including phenoxy) is 1. The smallest absolute Gasteiger partial charge is 0.311 e. The fraction of sp³-hybridized carbons (Fsp3) is 0.333. The van der Waals surface area contributed by atoms with Crippen LogP contribution in [0.2, 0.25) is 0 Å². The van der Waals surface area contributed by atoms with Gasteiger partial charge in [0.05, 0.1) is 24.1 Å². The van der Waals surface area contributed by atoms with Crippen molar-refractivity contribution in [1.29, 1.82) is 0 Å². The number of Topliss-reactive ketones (excluding diaryl/α,β-unsaturated/α-hetero) is 1. The van der Waals surface area contributed by atoms with Gasteiger partial charge in [0.15, 0.2) is 17.1 Å². The minimum Gasteiger partial charge on any atom is -0.490 e. The highest BCUT2D eigenvalue weighted by Crippen LogP contribution is 2.43. The predicted molar refractivity (Wildman–Crippen MR) is 106 cm³/mol. The topological polar surface area (TPSA) is 110 Å². The zero-order chi connectivity index (χ0) is 21.2. The Morgan fingerprint density at radius 3 is 2.66 bits per heavy atom. The van der Waals surface area contributed by atoms with Gasteiger partial charge in [-0.3, -0.25) is 19.7 Å². The van der Waals surface area contributed by atoms with Crippen LogP contribution in [0.5, 0.6) is 5.75 Å². The van der Waals surface area contributed by atoms with Gasteiger partial charge in [-0.05, 0) is 24.6 Å². The van der Waals surface area contributed by atoms with E-state index in [4.69, 9.17) is 4.74 Å². The SMILES string of the molecule is CCCCN1C(=O)C(O)(CC(=O)c2ccc(OC)c([N+](=O)[O-])c2)c2ccccc21. The summed E-state index contributed by atoms with van der Waals surface area (Å²) in [6.45, 7) is 2.44. The van der Waals surface area contributed by atoms with Crippen LogP contribution in [0.4, 0.5) is 11.4 Å². The molecule has 8 nitrogen and oxygen atoms in total. The van der Waals surface area contributed by atoms with E-state index in [9.17, 15) is 24.8 Å². The number of carbonyl (C=O) groups excluding carboxylic acids is 2. The van der Waals surface area contributed by atoms with Crippen LogP contribution in [0.1, 0.15) is 42.1 Å². The number of fused-ring (bicyclic) bond motifs is 1. The van der Waals surface area contributed by atoms with Gasteiger partial charge >= 0.3 is 5.69 Å². The van der Waals surface area contributed by atoms with Crippen LogP contribution in [0.3, 0.4) is 0 Å². The standard InChI is InChI=1S/C21H22N2O6/c1-3-4-11-22-16-8-6-5-7-15(16)21(26,20(22)25)13-18(24)14-9-10-19(29-2)17(12-14)23(27)28/h5-10,12,26H,3-4,11,13H2,1-2H3. The summed E-state index contributed by atoms with van der Waals surface area (Å²) in [5, 5.41) is 22.4. The predicted octanol–water partition coefficient (Wildman–Crippen LogP) is 3.21. The van der Waals surface area contributed by atoms with E-state index in [1.54, 1.807) is 24.3 Å². The minimum absolute atomic E-state index is 0.0262. The van der Waals surface area contributed by atoms with Crippen molar-refractivity contribution in [2.75, 3.05) is 18.6 Å². The van der Waals surface area contributed by atoms with E-state index in [2.05, 4.69) is 0 Å². The second-order valence-corrected chi connectivity index (χ2v) is 6.93. The Bertz CT molecular complexity index is 973. The number of methoxy groups -OCH3 is 1. The van der Waals surface area contributed by atoms with Gasteiger partial charge in [-0.25, -0.2) is 0 Å². The maximum absolute atomic E-state index is 13.0. The zero-order valence-electron chi connectivity index (χ0n) is 16.3. The molecule has 0 saturated carbocycles. The van der Waals surface area contributed by atoms with Gasteiger partial charge in [0.25, 0.3) is 5.91 Å². The highest BCUT2D eigenvalue weighted by molar-refractivity contribution is 6.10. The molecule has 0 aromatic heterocycles. The lowest BCUT2D eigenvalue weighted by Crippen LogP contribution is -2.42. The second-order valence-electron chi connectivity index (χ2n) is 6.93. The Morgan fingerprint density at radius 2 is 2.00 bits per heavy atom. The molecule has 0 bridgehead atoms. The monoisotopic (exact) mass is 398 g/mol.